The van der Waals surface area contributed by atoms with Gasteiger partial charge in [-0.3, -0.25) is 0 Å². The number of para-hydroxylation sites is 1. The lowest BCUT2D eigenvalue weighted by molar-refractivity contribution is 0.220. The van der Waals surface area contributed by atoms with Crippen LogP contribution < -0.4 is 10.1 Å². The summed E-state index contributed by atoms with van der Waals surface area (Å²) in [4.78, 5) is 0. The summed E-state index contributed by atoms with van der Waals surface area (Å²) in [6, 6.07) is 15.1. The third-order valence-corrected chi connectivity index (χ3v) is 3.99. The van der Waals surface area contributed by atoms with Crippen LogP contribution in [0.25, 0.3) is 0 Å². The van der Waals surface area contributed by atoms with Crippen molar-refractivity contribution in [1.82, 2.24) is 5.32 Å². The van der Waals surface area contributed by atoms with Crippen LogP contribution in [0.1, 0.15) is 30.5 Å². The Morgan fingerprint density at radius 3 is 2.71 bits per heavy atom. The van der Waals surface area contributed by atoms with Crippen molar-refractivity contribution in [3.8, 4) is 5.75 Å². The van der Waals surface area contributed by atoms with Crippen LogP contribution >= 0.6 is 0 Å². The number of hydrogen-bond donors (Lipinski definition) is 1. The summed E-state index contributed by atoms with van der Waals surface area (Å²) < 4.78 is 19.8. The Balaban J connectivity index is 1.61. The van der Waals surface area contributed by atoms with Gasteiger partial charge in [-0.15, -0.1) is 0 Å². The van der Waals surface area contributed by atoms with E-state index < -0.39 is 0 Å². The Hall–Kier alpha value is -1.87. The first-order valence-corrected chi connectivity index (χ1v) is 7.50. The number of ether oxygens (including phenoxy) is 1. The average molecular weight is 285 g/mol. The van der Waals surface area contributed by atoms with Crippen LogP contribution in [0.4, 0.5) is 4.39 Å². The van der Waals surface area contributed by atoms with E-state index in [4.69, 9.17) is 4.74 Å². The van der Waals surface area contributed by atoms with Gasteiger partial charge in [0.15, 0.2) is 0 Å². The molecule has 0 radical (unpaired) electrons. The molecule has 0 aromatic heterocycles. The van der Waals surface area contributed by atoms with Gasteiger partial charge in [-0.2, -0.15) is 0 Å². The predicted octanol–water partition coefficient (Wildman–Crippen LogP) is 3.87. The van der Waals surface area contributed by atoms with Gasteiger partial charge in [-0.05, 0) is 24.1 Å². The molecule has 0 saturated heterocycles. The lowest BCUT2D eigenvalue weighted by atomic mass is 10.0. The van der Waals surface area contributed by atoms with Crippen LogP contribution in [-0.2, 0) is 6.42 Å². The molecule has 0 saturated carbocycles. The fourth-order valence-electron chi connectivity index (χ4n) is 2.87. The average Bonchev–Trinajstić information content (AvgIpc) is 2.92. The standard InChI is InChI=1S/C18H20FNO/c1-2-17(15-8-4-5-9-16(15)19)20-12-14-11-13-7-3-6-10-18(13)21-14/h3-10,14,17,20H,2,11-12H2,1H3. The minimum atomic E-state index is -0.146. The number of halogens is 1. The van der Waals surface area contributed by atoms with Gasteiger partial charge < -0.3 is 10.1 Å². The molecule has 21 heavy (non-hydrogen) atoms. The maximum Gasteiger partial charge on any atom is 0.127 e. The second kappa shape index (κ2) is 6.27. The molecule has 0 bridgehead atoms. The van der Waals surface area contributed by atoms with Gasteiger partial charge in [0.25, 0.3) is 0 Å². The molecule has 3 rings (SSSR count). The molecule has 110 valence electrons. The molecule has 3 heteroatoms. The Kier molecular flexibility index (Phi) is 4.20. The van der Waals surface area contributed by atoms with Crippen molar-refractivity contribution in [3.63, 3.8) is 0 Å². The zero-order chi connectivity index (χ0) is 14.7. The molecule has 2 aromatic rings. The van der Waals surface area contributed by atoms with Gasteiger partial charge >= 0.3 is 0 Å². The van der Waals surface area contributed by atoms with Crippen LogP contribution in [-0.4, -0.2) is 12.6 Å². The molecular weight excluding hydrogens is 265 g/mol. The lowest BCUT2D eigenvalue weighted by Crippen LogP contribution is -2.33. The van der Waals surface area contributed by atoms with Crippen molar-refractivity contribution in [3.05, 3.63) is 65.5 Å². The molecule has 1 heterocycles. The Morgan fingerprint density at radius 2 is 1.95 bits per heavy atom. The fraction of sp³-hybridized carbons (Fsp3) is 0.333. The second-order valence-corrected chi connectivity index (χ2v) is 5.44. The normalized spacial score (nSPS) is 18.1. The molecule has 0 fully saturated rings. The van der Waals surface area contributed by atoms with E-state index in [2.05, 4.69) is 18.3 Å². The summed E-state index contributed by atoms with van der Waals surface area (Å²) >= 11 is 0. The van der Waals surface area contributed by atoms with Gasteiger partial charge in [-0.25, -0.2) is 4.39 Å². The van der Waals surface area contributed by atoms with E-state index >= 15 is 0 Å². The monoisotopic (exact) mass is 285 g/mol. The quantitative estimate of drug-likeness (QED) is 0.900. The highest BCUT2D eigenvalue weighted by atomic mass is 19.1. The predicted molar refractivity (Wildman–Crippen MR) is 82.0 cm³/mol. The molecule has 0 aliphatic carbocycles. The Labute approximate surface area is 125 Å². The van der Waals surface area contributed by atoms with Crippen molar-refractivity contribution < 1.29 is 9.13 Å². The number of benzene rings is 2. The van der Waals surface area contributed by atoms with Crippen molar-refractivity contribution in [2.75, 3.05) is 6.54 Å². The maximum absolute atomic E-state index is 13.9. The van der Waals surface area contributed by atoms with Gasteiger partial charge in [0.05, 0.1) is 0 Å². The van der Waals surface area contributed by atoms with Crippen molar-refractivity contribution >= 4 is 0 Å². The zero-order valence-electron chi connectivity index (χ0n) is 12.2. The van der Waals surface area contributed by atoms with Crippen molar-refractivity contribution in [2.24, 2.45) is 0 Å². The lowest BCUT2D eigenvalue weighted by Gasteiger charge is -2.20. The van der Waals surface area contributed by atoms with Gasteiger partial charge in [0.2, 0.25) is 0 Å². The molecule has 2 aromatic carbocycles. The van der Waals surface area contributed by atoms with E-state index in [0.29, 0.717) is 0 Å². The fourth-order valence-corrected chi connectivity index (χ4v) is 2.87. The molecule has 1 aliphatic rings. The molecule has 1 aliphatic heterocycles. The minimum absolute atomic E-state index is 0.0264. The number of hydrogen-bond acceptors (Lipinski definition) is 2. The Bertz CT molecular complexity index is 589. The first-order chi connectivity index (χ1) is 10.3. The highest BCUT2D eigenvalue weighted by Crippen LogP contribution is 2.28. The van der Waals surface area contributed by atoms with E-state index in [1.54, 1.807) is 6.07 Å². The van der Waals surface area contributed by atoms with Crippen molar-refractivity contribution in [1.29, 1.82) is 0 Å². The van der Waals surface area contributed by atoms with Crippen LogP contribution in [0, 0.1) is 5.82 Å². The number of rotatable bonds is 5. The van der Waals surface area contributed by atoms with E-state index in [-0.39, 0.29) is 18.0 Å². The summed E-state index contributed by atoms with van der Waals surface area (Å²) in [6.07, 6.45) is 1.89. The summed E-state index contributed by atoms with van der Waals surface area (Å²) in [5.74, 6) is 0.829. The van der Waals surface area contributed by atoms with Gasteiger partial charge in [0.1, 0.15) is 17.7 Å². The molecule has 2 unspecified atom stereocenters. The molecule has 1 N–H and O–H groups in total. The molecular formula is C18H20FNO. The largest absolute Gasteiger partial charge is 0.488 e. The molecule has 2 nitrogen and oxygen atoms in total. The van der Waals surface area contributed by atoms with Crippen LogP contribution in [0.2, 0.25) is 0 Å². The second-order valence-electron chi connectivity index (χ2n) is 5.44. The van der Waals surface area contributed by atoms with E-state index in [1.165, 1.54) is 11.6 Å². The zero-order valence-corrected chi connectivity index (χ0v) is 12.2. The van der Waals surface area contributed by atoms with E-state index in [9.17, 15) is 4.39 Å². The summed E-state index contributed by atoms with van der Waals surface area (Å²) in [6.45, 7) is 2.79. The van der Waals surface area contributed by atoms with E-state index in [0.717, 1.165) is 30.7 Å². The topological polar surface area (TPSA) is 21.3 Å². The van der Waals surface area contributed by atoms with Crippen LogP contribution in [0.15, 0.2) is 48.5 Å². The van der Waals surface area contributed by atoms with Crippen LogP contribution in [0.5, 0.6) is 5.75 Å². The van der Waals surface area contributed by atoms with Gasteiger partial charge in [-0.1, -0.05) is 43.3 Å². The van der Waals surface area contributed by atoms with Crippen LogP contribution in [0.3, 0.4) is 0 Å². The first-order valence-electron chi connectivity index (χ1n) is 7.50. The number of fused-ring (bicyclic) bond motifs is 1. The van der Waals surface area contributed by atoms with E-state index in [1.807, 2.05) is 30.3 Å². The first kappa shape index (κ1) is 14.1. The Morgan fingerprint density at radius 1 is 1.19 bits per heavy atom. The molecule has 0 amide bonds. The molecule has 2 atom stereocenters. The smallest absolute Gasteiger partial charge is 0.127 e. The highest BCUT2D eigenvalue weighted by molar-refractivity contribution is 5.37. The highest BCUT2D eigenvalue weighted by Gasteiger charge is 2.23. The van der Waals surface area contributed by atoms with Gasteiger partial charge in [0, 0.05) is 24.6 Å². The SMILES string of the molecule is CCC(NCC1Cc2ccccc2O1)c1ccccc1F. The third kappa shape index (κ3) is 3.08. The third-order valence-electron chi connectivity index (χ3n) is 3.99. The molecule has 0 spiro atoms. The summed E-state index contributed by atoms with van der Waals surface area (Å²) in [7, 11) is 0. The van der Waals surface area contributed by atoms with Crippen molar-refractivity contribution in [2.45, 2.75) is 31.9 Å². The summed E-state index contributed by atoms with van der Waals surface area (Å²) in [5.41, 5.74) is 1.98. The maximum atomic E-state index is 13.9. The number of nitrogens with one attached hydrogen (secondary N) is 1. The minimum Gasteiger partial charge on any atom is -0.488 e. The summed E-state index contributed by atoms with van der Waals surface area (Å²) in [5, 5.41) is 3.44.